The van der Waals surface area contributed by atoms with Gasteiger partial charge in [-0.05, 0) is 35.9 Å². The maximum atomic E-state index is 13.9. The molecule has 4 nitrogen and oxygen atoms in total. The van der Waals surface area contributed by atoms with Crippen LogP contribution in [-0.4, -0.2) is 20.2 Å². The average Bonchev–Trinajstić information content (AvgIpc) is 2.57. The van der Waals surface area contributed by atoms with E-state index in [1.54, 1.807) is 25.3 Å². The van der Waals surface area contributed by atoms with Crippen molar-refractivity contribution in [2.75, 3.05) is 14.2 Å². The fraction of sp³-hybridized carbons (Fsp3) is 0.235. The SMILES string of the molecule is COC(=O)C(NCc1cccc(OC)c1)c1cc(F)ccc1F. The third-order valence-electron chi connectivity index (χ3n) is 3.35. The second-order valence-electron chi connectivity index (χ2n) is 4.85. The van der Waals surface area contributed by atoms with Crippen LogP contribution in [0, 0.1) is 11.6 Å². The van der Waals surface area contributed by atoms with E-state index in [1.807, 2.05) is 6.07 Å². The number of esters is 1. The van der Waals surface area contributed by atoms with Crippen molar-refractivity contribution in [3.63, 3.8) is 0 Å². The average molecular weight is 321 g/mol. The van der Waals surface area contributed by atoms with Crippen LogP contribution >= 0.6 is 0 Å². The first kappa shape index (κ1) is 16.9. The number of nitrogens with one attached hydrogen (secondary N) is 1. The van der Waals surface area contributed by atoms with Gasteiger partial charge in [-0.2, -0.15) is 0 Å². The highest BCUT2D eigenvalue weighted by Crippen LogP contribution is 2.21. The number of methoxy groups -OCH3 is 2. The summed E-state index contributed by atoms with van der Waals surface area (Å²) in [6.45, 7) is 0.257. The monoisotopic (exact) mass is 321 g/mol. The highest BCUT2D eigenvalue weighted by Gasteiger charge is 2.24. The van der Waals surface area contributed by atoms with Crippen molar-refractivity contribution < 1.29 is 23.0 Å². The zero-order valence-electron chi connectivity index (χ0n) is 12.8. The molecule has 2 rings (SSSR count). The molecular weight excluding hydrogens is 304 g/mol. The van der Waals surface area contributed by atoms with Crippen molar-refractivity contribution >= 4 is 5.97 Å². The first-order chi connectivity index (χ1) is 11.0. The topological polar surface area (TPSA) is 47.6 Å². The first-order valence-corrected chi connectivity index (χ1v) is 6.94. The minimum absolute atomic E-state index is 0.0975. The maximum Gasteiger partial charge on any atom is 0.327 e. The van der Waals surface area contributed by atoms with E-state index < -0.39 is 23.6 Å². The predicted octanol–water partition coefficient (Wildman–Crippen LogP) is 2.98. The van der Waals surface area contributed by atoms with Crippen LogP contribution < -0.4 is 10.1 Å². The van der Waals surface area contributed by atoms with Gasteiger partial charge >= 0.3 is 5.97 Å². The quantitative estimate of drug-likeness (QED) is 0.831. The lowest BCUT2D eigenvalue weighted by molar-refractivity contribution is -0.143. The Kier molecular flexibility index (Phi) is 5.65. The predicted molar refractivity (Wildman–Crippen MR) is 80.9 cm³/mol. The summed E-state index contributed by atoms with van der Waals surface area (Å²) in [4.78, 5) is 11.9. The Morgan fingerprint density at radius 1 is 1.17 bits per heavy atom. The van der Waals surface area contributed by atoms with Crippen molar-refractivity contribution in [3.8, 4) is 5.75 Å². The normalized spacial score (nSPS) is 11.8. The summed E-state index contributed by atoms with van der Waals surface area (Å²) in [7, 11) is 2.74. The fourth-order valence-electron chi connectivity index (χ4n) is 2.18. The van der Waals surface area contributed by atoms with E-state index in [-0.39, 0.29) is 12.1 Å². The summed E-state index contributed by atoms with van der Waals surface area (Å²) in [5, 5.41) is 2.89. The molecule has 0 saturated heterocycles. The largest absolute Gasteiger partial charge is 0.497 e. The number of carbonyl (C=O) groups excluding carboxylic acids is 1. The van der Waals surface area contributed by atoms with Crippen LogP contribution in [0.2, 0.25) is 0 Å². The molecule has 0 aliphatic carbocycles. The van der Waals surface area contributed by atoms with Gasteiger partial charge < -0.3 is 9.47 Å². The molecule has 2 aromatic rings. The van der Waals surface area contributed by atoms with Gasteiger partial charge in [0.1, 0.15) is 23.4 Å². The van der Waals surface area contributed by atoms with E-state index >= 15 is 0 Å². The van der Waals surface area contributed by atoms with Gasteiger partial charge in [-0.3, -0.25) is 5.32 Å². The van der Waals surface area contributed by atoms with Gasteiger partial charge in [-0.1, -0.05) is 12.1 Å². The van der Waals surface area contributed by atoms with Gasteiger partial charge in [-0.15, -0.1) is 0 Å². The Hall–Kier alpha value is -2.47. The molecule has 0 aliphatic heterocycles. The zero-order valence-corrected chi connectivity index (χ0v) is 12.8. The standard InChI is InChI=1S/C17H17F2NO3/c1-22-13-5-3-4-11(8-13)10-20-16(17(21)23-2)14-9-12(18)6-7-15(14)19/h3-9,16,20H,10H2,1-2H3. The molecule has 0 fully saturated rings. The van der Waals surface area contributed by atoms with Crippen LogP contribution in [0.15, 0.2) is 42.5 Å². The molecule has 0 aromatic heterocycles. The number of ether oxygens (including phenoxy) is 2. The summed E-state index contributed by atoms with van der Waals surface area (Å²) >= 11 is 0. The van der Waals surface area contributed by atoms with Crippen molar-refractivity contribution in [3.05, 3.63) is 65.2 Å². The minimum Gasteiger partial charge on any atom is -0.497 e. The molecule has 23 heavy (non-hydrogen) atoms. The van der Waals surface area contributed by atoms with Gasteiger partial charge in [0.25, 0.3) is 0 Å². The van der Waals surface area contributed by atoms with Crippen LogP contribution in [0.1, 0.15) is 17.2 Å². The Labute approximate surface area is 133 Å². The summed E-state index contributed by atoms with van der Waals surface area (Å²) in [6, 6.07) is 9.04. The van der Waals surface area contributed by atoms with Crippen LogP contribution in [0.5, 0.6) is 5.75 Å². The molecule has 6 heteroatoms. The highest BCUT2D eigenvalue weighted by molar-refractivity contribution is 5.77. The van der Waals surface area contributed by atoms with Gasteiger partial charge in [0.15, 0.2) is 0 Å². The molecule has 0 amide bonds. The van der Waals surface area contributed by atoms with Gasteiger partial charge in [0.2, 0.25) is 0 Å². The Morgan fingerprint density at radius 2 is 1.96 bits per heavy atom. The highest BCUT2D eigenvalue weighted by atomic mass is 19.1. The maximum absolute atomic E-state index is 13.9. The molecule has 122 valence electrons. The number of benzene rings is 2. The smallest absolute Gasteiger partial charge is 0.327 e. The van der Waals surface area contributed by atoms with Gasteiger partial charge in [0, 0.05) is 12.1 Å². The van der Waals surface area contributed by atoms with Crippen LogP contribution in [0.3, 0.4) is 0 Å². The molecule has 1 unspecified atom stereocenters. The van der Waals surface area contributed by atoms with E-state index in [4.69, 9.17) is 4.74 Å². The first-order valence-electron chi connectivity index (χ1n) is 6.94. The molecule has 2 aromatic carbocycles. The Bertz CT molecular complexity index is 691. The second-order valence-corrected chi connectivity index (χ2v) is 4.85. The van der Waals surface area contributed by atoms with E-state index in [0.29, 0.717) is 5.75 Å². The molecule has 0 aliphatic rings. The van der Waals surface area contributed by atoms with E-state index in [1.165, 1.54) is 7.11 Å². The van der Waals surface area contributed by atoms with E-state index in [2.05, 4.69) is 10.1 Å². The summed E-state index contributed by atoms with van der Waals surface area (Å²) in [6.07, 6.45) is 0. The minimum atomic E-state index is -1.11. The van der Waals surface area contributed by atoms with Gasteiger partial charge in [-0.25, -0.2) is 13.6 Å². The lowest BCUT2D eigenvalue weighted by atomic mass is 10.1. The van der Waals surface area contributed by atoms with Crippen LogP contribution in [0.25, 0.3) is 0 Å². The van der Waals surface area contributed by atoms with Crippen molar-refractivity contribution in [1.29, 1.82) is 0 Å². The Balaban J connectivity index is 2.22. The molecular formula is C17H17F2NO3. The number of hydrogen-bond donors (Lipinski definition) is 1. The summed E-state index contributed by atoms with van der Waals surface area (Å²) in [5.41, 5.74) is 0.731. The van der Waals surface area contributed by atoms with Crippen LogP contribution in [0.4, 0.5) is 8.78 Å². The fourth-order valence-corrected chi connectivity index (χ4v) is 2.18. The lowest BCUT2D eigenvalue weighted by Gasteiger charge is -2.18. The van der Waals surface area contributed by atoms with Gasteiger partial charge in [0.05, 0.1) is 14.2 Å². The number of carbonyl (C=O) groups is 1. The molecule has 0 radical (unpaired) electrons. The number of rotatable bonds is 6. The number of halogens is 2. The van der Waals surface area contributed by atoms with Crippen molar-refractivity contribution in [1.82, 2.24) is 5.32 Å². The number of hydrogen-bond acceptors (Lipinski definition) is 4. The molecule has 1 atom stereocenters. The second kappa shape index (κ2) is 7.69. The summed E-state index contributed by atoms with van der Waals surface area (Å²) in [5.74, 6) is -1.34. The van der Waals surface area contributed by atoms with Crippen LogP contribution in [-0.2, 0) is 16.1 Å². The molecule has 0 heterocycles. The molecule has 0 bridgehead atoms. The van der Waals surface area contributed by atoms with E-state index in [0.717, 1.165) is 23.8 Å². The van der Waals surface area contributed by atoms with Crippen molar-refractivity contribution in [2.24, 2.45) is 0 Å². The molecule has 1 N–H and O–H groups in total. The zero-order chi connectivity index (χ0) is 16.8. The molecule has 0 saturated carbocycles. The van der Waals surface area contributed by atoms with E-state index in [9.17, 15) is 13.6 Å². The third kappa shape index (κ3) is 4.26. The third-order valence-corrected chi connectivity index (χ3v) is 3.35. The van der Waals surface area contributed by atoms with Crippen molar-refractivity contribution in [2.45, 2.75) is 12.6 Å². The lowest BCUT2D eigenvalue weighted by Crippen LogP contribution is -2.30. The summed E-state index contributed by atoms with van der Waals surface area (Å²) < 4.78 is 37.1. The Morgan fingerprint density at radius 3 is 2.65 bits per heavy atom. The molecule has 0 spiro atoms.